The van der Waals surface area contributed by atoms with E-state index in [9.17, 15) is 9.59 Å². The molecule has 3 aromatic carbocycles. The minimum absolute atomic E-state index is 0.176. The lowest BCUT2D eigenvalue weighted by Gasteiger charge is -2.14. The average molecular weight is 604 g/mol. The number of carbonyl (C=O) groups excluding carboxylic acids is 1. The van der Waals surface area contributed by atoms with Gasteiger partial charge in [-0.2, -0.15) is 9.78 Å². The molecule has 11 heteroatoms. The number of hydrogen-bond donors (Lipinski definition) is 0. The molecule has 0 saturated carbocycles. The normalized spacial score (nSPS) is 11.1. The number of para-hydroxylation sites is 1. The number of furan rings is 1. The van der Waals surface area contributed by atoms with Crippen LogP contribution in [0, 0.1) is 0 Å². The molecule has 0 bridgehead atoms. The monoisotopic (exact) mass is 603 g/mol. The summed E-state index contributed by atoms with van der Waals surface area (Å²) in [6.45, 7) is 0. The maximum absolute atomic E-state index is 13.4. The van der Waals surface area contributed by atoms with Crippen LogP contribution in [0.5, 0.6) is 23.0 Å². The van der Waals surface area contributed by atoms with E-state index in [1.807, 2.05) is 0 Å². The standard InChI is InChI=1S/C29H22BrN3O7/c1-36-24-14-17(15-25(37-2)26(24)38-3)29(35)40-22-11-10-19(30)13-18(22)16-31-33-27(23-9-6-12-39-23)32-21-8-5-4-7-20(21)28(33)34/h4-16H,1-3H3. The highest BCUT2D eigenvalue weighted by atomic mass is 79.9. The van der Waals surface area contributed by atoms with E-state index in [0.717, 1.165) is 4.68 Å². The van der Waals surface area contributed by atoms with E-state index in [-0.39, 0.29) is 22.7 Å². The molecule has 0 aliphatic carbocycles. The van der Waals surface area contributed by atoms with Crippen LogP contribution in [-0.4, -0.2) is 43.2 Å². The van der Waals surface area contributed by atoms with Crippen molar-refractivity contribution >= 4 is 39.0 Å². The maximum Gasteiger partial charge on any atom is 0.343 e. The van der Waals surface area contributed by atoms with Crippen LogP contribution < -0.4 is 24.5 Å². The largest absolute Gasteiger partial charge is 0.493 e. The molecule has 0 radical (unpaired) electrons. The first-order chi connectivity index (χ1) is 19.4. The van der Waals surface area contributed by atoms with E-state index in [4.69, 9.17) is 23.4 Å². The molecule has 0 spiro atoms. The Morgan fingerprint density at radius 3 is 2.38 bits per heavy atom. The van der Waals surface area contributed by atoms with Crippen molar-refractivity contribution in [3.8, 4) is 34.6 Å². The molecule has 0 N–H and O–H groups in total. The smallest absolute Gasteiger partial charge is 0.343 e. The van der Waals surface area contributed by atoms with Crippen LogP contribution >= 0.6 is 15.9 Å². The average Bonchev–Trinajstić information content (AvgIpc) is 3.52. The number of fused-ring (bicyclic) bond motifs is 1. The van der Waals surface area contributed by atoms with Gasteiger partial charge in [-0.15, -0.1) is 0 Å². The lowest BCUT2D eigenvalue weighted by Crippen LogP contribution is -2.20. The summed E-state index contributed by atoms with van der Waals surface area (Å²) in [5.41, 5.74) is 0.711. The van der Waals surface area contributed by atoms with Crippen LogP contribution in [0.4, 0.5) is 0 Å². The zero-order valence-corrected chi connectivity index (χ0v) is 23.2. The van der Waals surface area contributed by atoms with Crippen molar-refractivity contribution in [2.75, 3.05) is 21.3 Å². The second kappa shape index (κ2) is 11.5. The minimum atomic E-state index is -0.669. The van der Waals surface area contributed by atoms with Crippen LogP contribution in [0.15, 0.2) is 91.8 Å². The number of benzene rings is 3. The Morgan fingerprint density at radius 1 is 0.950 bits per heavy atom. The minimum Gasteiger partial charge on any atom is -0.493 e. The Bertz CT molecular complexity index is 1770. The summed E-state index contributed by atoms with van der Waals surface area (Å²) >= 11 is 3.44. The van der Waals surface area contributed by atoms with Crippen molar-refractivity contribution in [3.63, 3.8) is 0 Å². The molecular weight excluding hydrogens is 582 g/mol. The highest BCUT2D eigenvalue weighted by molar-refractivity contribution is 9.10. The summed E-state index contributed by atoms with van der Waals surface area (Å²) < 4.78 is 29.1. The number of esters is 1. The van der Waals surface area contributed by atoms with E-state index >= 15 is 0 Å². The van der Waals surface area contributed by atoms with Gasteiger partial charge in [0.05, 0.1) is 50.3 Å². The highest BCUT2D eigenvalue weighted by Gasteiger charge is 2.20. The van der Waals surface area contributed by atoms with Crippen molar-refractivity contribution in [1.82, 2.24) is 9.66 Å². The van der Waals surface area contributed by atoms with Gasteiger partial charge in [-0.3, -0.25) is 4.79 Å². The molecule has 10 nitrogen and oxygen atoms in total. The third-order valence-corrected chi connectivity index (χ3v) is 6.38. The third-order valence-electron chi connectivity index (χ3n) is 5.88. The summed E-state index contributed by atoms with van der Waals surface area (Å²) in [6.07, 6.45) is 2.90. The first-order valence-electron chi connectivity index (χ1n) is 11.8. The second-order valence-corrected chi connectivity index (χ2v) is 9.19. The number of ether oxygens (including phenoxy) is 4. The van der Waals surface area contributed by atoms with E-state index in [0.29, 0.717) is 43.9 Å². The van der Waals surface area contributed by atoms with E-state index in [1.54, 1.807) is 54.6 Å². The van der Waals surface area contributed by atoms with Gasteiger partial charge in [0.2, 0.25) is 11.6 Å². The van der Waals surface area contributed by atoms with Crippen LogP contribution in [0.2, 0.25) is 0 Å². The number of nitrogens with zero attached hydrogens (tertiary/aromatic N) is 3. The maximum atomic E-state index is 13.4. The lowest BCUT2D eigenvalue weighted by molar-refractivity contribution is 0.0733. The SMILES string of the molecule is COc1cc(C(=O)Oc2ccc(Br)cc2C=Nn2c(-c3ccco3)nc3ccccc3c2=O)cc(OC)c1OC. The number of hydrogen-bond acceptors (Lipinski definition) is 9. The Balaban J connectivity index is 1.55. The molecule has 0 atom stereocenters. The quantitative estimate of drug-likeness (QED) is 0.129. The van der Waals surface area contributed by atoms with Gasteiger partial charge in [0.25, 0.3) is 5.56 Å². The summed E-state index contributed by atoms with van der Waals surface area (Å²) in [7, 11) is 4.38. The Hall–Kier alpha value is -4.90. The lowest BCUT2D eigenvalue weighted by atomic mass is 10.1. The van der Waals surface area contributed by atoms with Gasteiger partial charge >= 0.3 is 5.97 Å². The number of aromatic nitrogens is 2. The van der Waals surface area contributed by atoms with Gasteiger partial charge in [0, 0.05) is 10.0 Å². The molecule has 40 heavy (non-hydrogen) atoms. The van der Waals surface area contributed by atoms with Crippen molar-refractivity contribution in [2.45, 2.75) is 0 Å². The molecule has 0 aliphatic rings. The van der Waals surface area contributed by atoms with Gasteiger partial charge in [0.1, 0.15) is 5.75 Å². The molecule has 2 heterocycles. The van der Waals surface area contributed by atoms with Gasteiger partial charge in [0.15, 0.2) is 17.3 Å². The summed E-state index contributed by atoms with van der Waals surface area (Å²) in [5, 5.41) is 4.82. The number of halogens is 1. The fraction of sp³-hybridized carbons (Fsp3) is 0.103. The molecule has 202 valence electrons. The van der Waals surface area contributed by atoms with Gasteiger partial charge in [-0.05, 0) is 54.6 Å². The van der Waals surface area contributed by atoms with Crippen LogP contribution in [0.3, 0.4) is 0 Å². The van der Waals surface area contributed by atoms with Crippen molar-refractivity contribution in [1.29, 1.82) is 0 Å². The zero-order chi connectivity index (χ0) is 28.2. The van der Waals surface area contributed by atoms with Crippen molar-refractivity contribution in [3.05, 3.63) is 98.9 Å². The number of rotatable bonds is 8. The number of methoxy groups -OCH3 is 3. The third kappa shape index (κ3) is 5.19. The fourth-order valence-corrected chi connectivity index (χ4v) is 4.37. The Kier molecular flexibility index (Phi) is 7.65. The van der Waals surface area contributed by atoms with Gasteiger partial charge in [-0.1, -0.05) is 28.1 Å². The molecule has 5 aromatic rings. The topological polar surface area (TPSA) is 114 Å². The predicted octanol–water partition coefficient (Wildman–Crippen LogP) is 5.55. The second-order valence-electron chi connectivity index (χ2n) is 8.28. The molecule has 0 unspecified atom stereocenters. The first-order valence-corrected chi connectivity index (χ1v) is 12.6. The fourth-order valence-electron chi connectivity index (χ4n) is 3.99. The molecular formula is C29H22BrN3O7. The highest BCUT2D eigenvalue weighted by Crippen LogP contribution is 2.38. The Labute approximate surface area is 236 Å². The van der Waals surface area contributed by atoms with Crippen molar-refractivity contribution < 1.29 is 28.2 Å². The predicted molar refractivity (Wildman–Crippen MR) is 152 cm³/mol. The molecule has 0 aliphatic heterocycles. The molecule has 0 amide bonds. The molecule has 5 rings (SSSR count). The van der Waals surface area contributed by atoms with Gasteiger partial charge < -0.3 is 23.4 Å². The van der Waals surface area contributed by atoms with Crippen LogP contribution in [0.1, 0.15) is 15.9 Å². The molecule has 0 fully saturated rings. The number of carbonyl (C=O) groups is 1. The van der Waals surface area contributed by atoms with Crippen molar-refractivity contribution in [2.24, 2.45) is 5.10 Å². The summed E-state index contributed by atoms with van der Waals surface area (Å²) in [6, 6.07) is 18.4. The first kappa shape index (κ1) is 26.7. The van der Waals surface area contributed by atoms with Gasteiger partial charge in [-0.25, -0.2) is 9.78 Å². The zero-order valence-electron chi connectivity index (χ0n) is 21.6. The Morgan fingerprint density at radius 2 is 1.70 bits per heavy atom. The summed E-state index contributed by atoms with van der Waals surface area (Å²) in [4.78, 5) is 31.1. The van der Waals surface area contributed by atoms with Crippen LogP contribution in [-0.2, 0) is 0 Å². The molecule has 2 aromatic heterocycles. The van der Waals surface area contributed by atoms with E-state index in [1.165, 1.54) is 45.9 Å². The van der Waals surface area contributed by atoms with E-state index < -0.39 is 5.97 Å². The molecule has 0 saturated heterocycles. The van der Waals surface area contributed by atoms with Crippen LogP contribution in [0.25, 0.3) is 22.5 Å². The summed E-state index contributed by atoms with van der Waals surface area (Å²) in [5.74, 6) is 1.07. The van der Waals surface area contributed by atoms with E-state index in [2.05, 4.69) is 26.0 Å².